The molecule has 0 atom stereocenters. The number of likely N-dealkylation sites (N-methyl/N-ethyl adjacent to an activating group) is 1. The molecular formula is C13H16ClN5O3S2. The molecule has 0 aliphatic heterocycles. The molecule has 8 nitrogen and oxygen atoms in total. The Bertz CT molecular complexity index is 805. The molecule has 2 N–H and O–H groups in total. The van der Waals surface area contributed by atoms with Crippen molar-refractivity contribution in [2.24, 2.45) is 0 Å². The number of anilines is 1. The number of carbonyl (C=O) groups is 1. The van der Waals surface area contributed by atoms with Crippen molar-refractivity contribution in [2.45, 2.75) is 4.34 Å². The van der Waals surface area contributed by atoms with Crippen LogP contribution in [0.3, 0.4) is 0 Å². The molecule has 11 heteroatoms. The van der Waals surface area contributed by atoms with Crippen molar-refractivity contribution in [2.75, 3.05) is 32.5 Å². The molecule has 24 heavy (non-hydrogen) atoms. The molecule has 0 unspecified atom stereocenters. The molecule has 2 rings (SSSR count). The van der Waals surface area contributed by atoms with E-state index in [0.29, 0.717) is 17.1 Å². The van der Waals surface area contributed by atoms with E-state index < -0.39 is 15.9 Å². The summed E-state index contributed by atoms with van der Waals surface area (Å²) in [4.78, 5) is 13.9. The van der Waals surface area contributed by atoms with Crippen LogP contribution in [-0.4, -0.2) is 56.6 Å². The van der Waals surface area contributed by atoms with E-state index in [2.05, 4.69) is 20.2 Å². The van der Waals surface area contributed by atoms with Crippen molar-refractivity contribution in [3.05, 3.63) is 34.9 Å². The Hall–Kier alpha value is -1.59. The van der Waals surface area contributed by atoms with Gasteiger partial charge in [0.2, 0.25) is 9.47 Å². The van der Waals surface area contributed by atoms with Gasteiger partial charge in [0.05, 0.1) is 0 Å². The van der Waals surface area contributed by atoms with E-state index in [9.17, 15) is 13.2 Å². The molecule has 130 valence electrons. The van der Waals surface area contributed by atoms with Gasteiger partial charge in [0.1, 0.15) is 0 Å². The smallest absolute Gasteiger partial charge is 0.269 e. The highest BCUT2D eigenvalue weighted by Crippen LogP contribution is 2.20. The highest BCUT2D eigenvalue weighted by Gasteiger charge is 2.20. The number of aromatic nitrogens is 2. The summed E-state index contributed by atoms with van der Waals surface area (Å²) in [5.41, 5.74) is 0.378. The van der Waals surface area contributed by atoms with Crippen LogP contribution in [0.1, 0.15) is 10.4 Å². The van der Waals surface area contributed by atoms with Crippen LogP contribution in [0, 0.1) is 0 Å². The van der Waals surface area contributed by atoms with Crippen LogP contribution < -0.4 is 10.0 Å². The Morgan fingerprint density at radius 1 is 1.25 bits per heavy atom. The Morgan fingerprint density at radius 2 is 1.92 bits per heavy atom. The summed E-state index contributed by atoms with van der Waals surface area (Å²) in [6.45, 7) is 0.805. The summed E-state index contributed by atoms with van der Waals surface area (Å²) in [5, 5.41) is 10.4. The van der Waals surface area contributed by atoms with Crippen LogP contribution in [0.25, 0.3) is 0 Å². The zero-order chi connectivity index (χ0) is 17.7. The van der Waals surface area contributed by atoms with Gasteiger partial charge in [-0.2, -0.15) is 0 Å². The topological polar surface area (TPSA) is 104 Å². The average Bonchev–Trinajstić information content (AvgIpc) is 2.96. The molecule has 1 heterocycles. The summed E-state index contributed by atoms with van der Waals surface area (Å²) in [6, 6.07) is 6.28. The second kappa shape index (κ2) is 7.99. The van der Waals surface area contributed by atoms with E-state index in [1.54, 1.807) is 24.3 Å². The SMILES string of the molecule is CN(C)CCNS(=O)(=O)c1nnc(NC(=O)c2ccc(Cl)cc2)s1. The van der Waals surface area contributed by atoms with Crippen LogP contribution in [0.15, 0.2) is 28.6 Å². The molecule has 1 aromatic heterocycles. The molecule has 0 fully saturated rings. The van der Waals surface area contributed by atoms with E-state index >= 15 is 0 Å². The molecule has 2 aromatic rings. The lowest BCUT2D eigenvalue weighted by molar-refractivity contribution is 0.102. The van der Waals surface area contributed by atoms with E-state index in [-0.39, 0.29) is 16.0 Å². The summed E-state index contributed by atoms with van der Waals surface area (Å²) in [7, 11) is -0.0678. The van der Waals surface area contributed by atoms with E-state index in [0.717, 1.165) is 11.3 Å². The predicted octanol–water partition coefficient (Wildman–Crippen LogP) is 1.28. The largest absolute Gasteiger partial charge is 0.308 e. The Kier molecular flexibility index (Phi) is 6.24. The van der Waals surface area contributed by atoms with Crippen molar-refractivity contribution >= 4 is 44.0 Å². The minimum atomic E-state index is -3.74. The fraction of sp³-hybridized carbons (Fsp3) is 0.308. The fourth-order valence-corrected chi connectivity index (χ4v) is 3.69. The van der Waals surface area contributed by atoms with E-state index in [1.165, 1.54) is 0 Å². The molecule has 0 spiro atoms. The molecule has 0 aliphatic carbocycles. The molecule has 1 aromatic carbocycles. The summed E-state index contributed by atoms with van der Waals surface area (Å²) in [5.74, 6) is -0.424. The first-order valence-corrected chi connectivity index (χ1v) is 9.50. The standard InChI is InChI=1S/C13H16ClN5O3S2/c1-19(2)8-7-15-24(21,22)13-18-17-12(23-13)16-11(20)9-3-5-10(14)6-4-9/h3-6,15H,7-8H2,1-2H3,(H,16,17,20). The number of nitrogens with one attached hydrogen (secondary N) is 2. The second-order valence-electron chi connectivity index (χ2n) is 5.04. The fourth-order valence-electron chi connectivity index (χ4n) is 1.60. The zero-order valence-corrected chi connectivity index (χ0v) is 15.4. The summed E-state index contributed by atoms with van der Waals surface area (Å²) in [6.07, 6.45) is 0. The van der Waals surface area contributed by atoms with Crippen molar-refractivity contribution in [3.8, 4) is 0 Å². The number of sulfonamides is 1. The molecule has 0 bridgehead atoms. The quantitative estimate of drug-likeness (QED) is 0.691. The van der Waals surface area contributed by atoms with Crippen LogP contribution in [0.5, 0.6) is 0 Å². The highest BCUT2D eigenvalue weighted by atomic mass is 35.5. The van der Waals surface area contributed by atoms with Crippen LogP contribution in [0.2, 0.25) is 5.02 Å². The Labute approximate surface area is 148 Å². The number of benzene rings is 1. The number of halogens is 1. The normalized spacial score (nSPS) is 11.7. The zero-order valence-electron chi connectivity index (χ0n) is 13.0. The monoisotopic (exact) mass is 389 g/mol. The maximum absolute atomic E-state index is 12.1. The first-order valence-electron chi connectivity index (χ1n) is 6.83. The van der Waals surface area contributed by atoms with Gasteiger partial charge >= 0.3 is 0 Å². The first-order chi connectivity index (χ1) is 11.3. The third-order valence-corrected chi connectivity index (χ3v) is 5.73. The van der Waals surface area contributed by atoms with Gasteiger partial charge in [-0.25, -0.2) is 13.1 Å². The number of carbonyl (C=O) groups excluding carboxylic acids is 1. The predicted molar refractivity (Wildman–Crippen MR) is 93.1 cm³/mol. The first kappa shape index (κ1) is 18.7. The Balaban J connectivity index is 2.02. The third kappa shape index (κ3) is 5.21. The summed E-state index contributed by atoms with van der Waals surface area (Å²) < 4.78 is 26.4. The third-order valence-electron chi connectivity index (χ3n) is 2.81. The number of amides is 1. The van der Waals surface area contributed by atoms with Crippen molar-refractivity contribution in [1.29, 1.82) is 0 Å². The molecule has 0 saturated heterocycles. The molecular weight excluding hydrogens is 374 g/mol. The maximum atomic E-state index is 12.1. The maximum Gasteiger partial charge on any atom is 0.269 e. The van der Waals surface area contributed by atoms with Gasteiger partial charge in [-0.1, -0.05) is 22.9 Å². The second-order valence-corrected chi connectivity index (χ2v) is 8.39. The van der Waals surface area contributed by atoms with Gasteiger partial charge in [0.15, 0.2) is 0 Å². The van der Waals surface area contributed by atoms with E-state index in [1.807, 2.05) is 19.0 Å². The number of nitrogens with zero attached hydrogens (tertiary/aromatic N) is 3. The highest BCUT2D eigenvalue weighted by molar-refractivity contribution is 7.91. The summed E-state index contributed by atoms with van der Waals surface area (Å²) >= 11 is 6.54. The van der Waals surface area contributed by atoms with Gasteiger partial charge in [-0.15, -0.1) is 10.2 Å². The van der Waals surface area contributed by atoms with E-state index in [4.69, 9.17) is 11.6 Å². The number of hydrogen-bond donors (Lipinski definition) is 2. The van der Waals surface area contributed by atoms with Gasteiger partial charge in [-0.05, 0) is 38.4 Å². The van der Waals surface area contributed by atoms with Crippen LogP contribution >= 0.6 is 22.9 Å². The van der Waals surface area contributed by atoms with Crippen molar-refractivity contribution in [3.63, 3.8) is 0 Å². The van der Waals surface area contributed by atoms with Crippen molar-refractivity contribution < 1.29 is 13.2 Å². The number of rotatable bonds is 7. The average molecular weight is 390 g/mol. The minimum Gasteiger partial charge on any atom is -0.308 e. The van der Waals surface area contributed by atoms with Crippen molar-refractivity contribution in [1.82, 2.24) is 19.8 Å². The van der Waals surface area contributed by atoms with Crippen LogP contribution in [-0.2, 0) is 10.0 Å². The van der Waals surface area contributed by atoms with Gasteiger partial charge in [0.25, 0.3) is 15.9 Å². The lowest BCUT2D eigenvalue weighted by Gasteiger charge is -2.09. The van der Waals surface area contributed by atoms with Crippen LogP contribution in [0.4, 0.5) is 5.13 Å². The molecule has 0 radical (unpaired) electrons. The lowest BCUT2D eigenvalue weighted by atomic mass is 10.2. The molecule has 0 saturated carbocycles. The lowest BCUT2D eigenvalue weighted by Crippen LogP contribution is -2.31. The number of hydrogen-bond acceptors (Lipinski definition) is 7. The minimum absolute atomic E-state index is 0.0999. The molecule has 0 aliphatic rings. The van der Waals surface area contributed by atoms with Gasteiger partial charge in [0, 0.05) is 23.7 Å². The Morgan fingerprint density at radius 3 is 2.54 bits per heavy atom. The van der Waals surface area contributed by atoms with Gasteiger partial charge in [-0.3, -0.25) is 10.1 Å². The van der Waals surface area contributed by atoms with Gasteiger partial charge < -0.3 is 4.90 Å². The molecule has 1 amide bonds.